The van der Waals surface area contributed by atoms with Crippen molar-refractivity contribution in [1.82, 2.24) is 5.32 Å². The topological polar surface area (TPSA) is 92.5 Å². The number of carbonyl (C=O) groups is 1. The van der Waals surface area contributed by atoms with Gasteiger partial charge in [0.15, 0.2) is 0 Å². The predicted molar refractivity (Wildman–Crippen MR) is 80.6 cm³/mol. The first-order valence-electron chi connectivity index (χ1n) is 6.77. The summed E-state index contributed by atoms with van der Waals surface area (Å²) in [5.41, 5.74) is -0.803. The third-order valence-electron chi connectivity index (χ3n) is 3.89. The first-order valence-corrected chi connectivity index (χ1v) is 7.99. The third-order valence-corrected chi connectivity index (χ3v) is 4.61. The molecular formula is C14H18N2O4S. The summed E-state index contributed by atoms with van der Waals surface area (Å²) in [7, 11) is 0. The van der Waals surface area contributed by atoms with Crippen LogP contribution >= 0.6 is 11.8 Å². The highest BCUT2D eigenvalue weighted by Crippen LogP contribution is 2.31. The summed E-state index contributed by atoms with van der Waals surface area (Å²) >= 11 is 1.42. The minimum atomic E-state index is -0.639. The molecular weight excluding hydrogens is 292 g/mol. The number of nitrogens with one attached hydrogen (secondary N) is 1. The first-order chi connectivity index (χ1) is 10.0. The number of nitrogens with zero attached hydrogens (tertiary/aromatic N) is 1. The number of aliphatic hydroxyl groups is 1. The van der Waals surface area contributed by atoms with Crippen LogP contribution in [-0.2, 0) is 0 Å². The van der Waals surface area contributed by atoms with E-state index in [1.54, 1.807) is 6.07 Å². The molecule has 2 rings (SSSR count). The van der Waals surface area contributed by atoms with E-state index in [9.17, 15) is 20.0 Å². The number of thioether (sulfide) groups is 1. The summed E-state index contributed by atoms with van der Waals surface area (Å²) in [5.74, 6) is -0.492. The van der Waals surface area contributed by atoms with Gasteiger partial charge < -0.3 is 10.4 Å². The number of hydrogen-bond donors (Lipinski definition) is 2. The maximum atomic E-state index is 12.4. The Hall–Kier alpha value is -1.60. The molecule has 114 valence electrons. The van der Waals surface area contributed by atoms with Crippen LogP contribution in [0.25, 0.3) is 0 Å². The molecule has 0 radical (unpaired) electrons. The second kappa shape index (κ2) is 6.44. The zero-order valence-electron chi connectivity index (χ0n) is 11.8. The van der Waals surface area contributed by atoms with E-state index in [-0.39, 0.29) is 17.9 Å². The van der Waals surface area contributed by atoms with Crippen LogP contribution in [0, 0.1) is 10.1 Å². The van der Waals surface area contributed by atoms with Gasteiger partial charge in [-0.2, -0.15) is 0 Å². The highest BCUT2D eigenvalue weighted by Gasteiger charge is 2.36. The predicted octanol–water partition coefficient (Wildman–Crippen LogP) is 2.35. The lowest BCUT2D eigenvalue weighted by Gasteiger charge is -2.27. The lowest BCUT2D eigenvalue weighted by Crippen LogP contribution is -2.49. The Balaban J connectivity index is 2.31. The molecule has 21 heavy (non-hydrogen) atoms. The van der Waals surface area contributed by atoms with Crippen LogP contribution in [0.3, 0.4) is 0 Å². The monoisotopic (exact) mass is 310 g/mol. The molecule has 0 saturated heterocycles. The van der Waals surface area contributed by atoms with Crippen molar-refractivity contribution >= 4 is 23.4 Å². The molecule has 1 amide bonds. The largest absolute Gasteiger partial charge is 0.394 e. The molecule has 6 nitrogen and oxygen atoms in total. The first kappa shape index (κ1) is 15.8. The second-order valence-electron chi connectivity index (χ2n) is 5.24. The highest BCUT2D eigenvalue weighted by molar-refractivity contribution is 7.98. The number of amides is 1. The van der Waals surface area contributed by atoms with E-state index in [1.165, 1.54) is 23.9 Å². The van der Waals surface area contributed by atoms with Gasteiger partial charge in [-0.3, -0.25) is 14.9 Å². The zero-order chi connectivity index (χ0) is 15.5. The van der Waals surface area contributed by atoms with Crippen molar-refractivity contribution in [3.8, 4) is 0 Å². The van der Waals surface area contributed by atoms with Crippen molar-refractivity contribution in [2.75, 3.05) is 12.9 Å². The van der Waals surface area contributed by atoms with Crippen molar-refractivity contribution in [3.05, 3.63) is 33.9 Å². The van der Waals surface area contributed by atoms with Gasteiger partial charge in [-0.05, 0) is 31.2 Å². The molecule has 7 heteroatoms. The van der Waals surface area contributed by atoms with E-state index in [1.807, 2.05) is 6.26 Å². The summed E-state index contributed by atoms with van der Waals surface area (Å²) in [6.07, 6.45) is 5.12. The van der Waals surface area contributed by atoms with Crippen LogP contribution in [0.2, 0.25) is 0 Å². The molecule has 2 N–H and O–H groups in total. The molecule has 1 fully saturated rings. The highest BCUT2D eigenvalue weighted by atomic mass is 32.2. The molecule has 1 aromatic rings. The summed E-state index contributed by atoms with van der Waals surface area (Å²) in [4.78, 5) is 23.7. The van der Waals surface area contributed by atoms with Crippen molar-refractivity contribution < 1.29 is 14.8 Å². The van der Waals surface area contributed by atoms with E-state index in [0.717, 1.165) is 17.7 Å². The van der Waals surface area contributed by atoms with Crippen LogP contribution in [0.5, 0.6) is 0 Å². The maximum absolute atomic E-state index is 12.4. The molecule has 1 saturated carbocycles. The Morgan fingerprint density at radius 1 is 1.48 bits per heavy atom. The van der Waals surface area contributed by atoms with E-state index in [0.29, 0.717) is 12.8 Å². The van der Waals surface area contributed by atoms with E-state index in [4.69, 9.17) is 0 Å². The van der Waals surface area contributed by atoms with Crippen molar-refractivity contribution in [1.29, 1.82) is 0 Å². The molecule has 0 aliphatic heterocycles. The van der Waals surface area contributed by atoms with Crippen LogP contribution in [0.4, 0.5) is 5.69 Å². The lowest BCUT2D eigenvalue weighted by molar-refractivity contribution is -0.385. The minimum absolute atomic E-state index is 0.0478. The van der Waals surface area contributed by atoms with Gasteiger partial charge in [0.2, 0.25) is 0 Å². The average Bonchev–Trinajstić information content (AvgIpc) is 2.95. The Kier molecular flexibility index (Phi) is 4.84. The Morgan fingerprint density at radius 2 is 2.14 bits per heavy atom. The normalized spacial score (nSPS) is 16.7. The number of aliphatic hydroxyl groups excluding tert-OH is 1. The van der Waals surface area contributed by atoms with Gasteiger partial charge in [0.05, 0.1) is 17.1 Å². The lowest BCUT2D eigenvalue weighted by atomic mass is 9.98. The molecule has 0 unspecified atom stereocenters. The molecule has 1 aromatic carbocycles. The number of carbonyl (C=O) groups excluding carboxylic acids is 1. The molecule has 0 spiro atoms. The van der Waals surface area contributed by atoms with Crippen molar-refractivity contribution in [3.63, 3.8) is 0 Å². The number of nitro benzene ring substituents is 1. The van der Waals surface area contributed by atoms with Gasteiger partial charge in [-0.1, -0.05) is 12.8 Å². The third kappa shape index (κ3) is 3.36. The summed E-state index contributed by atoms with van der Waals surface area (Å²) in [6.45, 7) is -0.144. The van der Waals surface area contributed by atoms with E-state index in [2.05, 4.69) is 5.32 Å². The van der Waals surface area contributed by atoms with Gasteiger partial charge in [0, 0.05) is 11.0 Å². The van der Waals surface area contributed by atoms with Gasteiger partial charge in [-0.15, -0.1) is 11.8 Å². The van der Waals surface area contributed by atoms with Crippen molar-refractivity contribution in [2.45, 2.75) is 36.1 Å². The number of benzene rings is 1. The molecule has 0 heterocycles. The summed E-state index contributed by atoms with van der Waals surface area (Å²) < 4.78 is 0. The standard InChI is InChI=1S/C14H18N2O4S/c1-21-10-4-5-12(16(19)20)11(8-10)13(18)15-14(9-17)6-2-3-7-14/h4-5,8,17H,2-3,6-7,9H2,1H3,(H,15,18). The molecule has 1 aliphatic rings. The summed E-state index contributed by atoms with van der Waals surface area (Å²) in [5, 5.41) is 23.4. The van der Waals surface area contributed by atoms with Gasteiger partial charge in [-0.25, -0.2) is 0 Å². The average molecular weight is 310 g/mol. The van der Waals surface area contributed by atoms with E-state index >= 15 is 0 Å². The number of rotatable bonds is 5. The fraction of sp³-hybridized carbons (Fsp3) is 0.500. The zero-order valence-corrected chi connectivity index (χ0v) is 12.6. The maximum Gasteiger partial charge on any atom is 0.282 e. The Bertz CT molecular complexity index is 556. The molecule has 1 aliphatic carbocycles. The number of hydrogen-bond acceptors (Lipinski definition) is 5. The van der Waals surface area contributed by atoms with Gasteiger partial charge in [0.1, 0.15) is 5.56 Å². The van der Waals surface area contributed by atoms with Gasteiger partial charge >= 0.3 is 0 Å². The molecule has 0 atom stereocenters. The van der Waals surface area contributed by atoms with Crippen LogP contribution in [0.1, 0.15) is 36.0 Å². The van der Waals surface area contributed by atoms with Gasteiger partial charge in [0.25, 0.3) is 11.6 Å². The van der Waals surface area contributed by atoms with Crippen LogP contribution in [-0.4, -0.2) is 34.3 Å². The quantitative estimate of drug-likeness (QED) is 0.495. The Morgan fingerprint density at radius 3 is 2.67 bits per heavy atom. The fourth-order valence-corrected chi connectivity index (χ4v) is 3.11. The van der Waals surface area contributed by atoms with E-state index < -0.39 is 16.4 Å². The Labute approximate surface area is 127 Å². The second-order valence-corrected chi connectivity index (χ2v) is 6.12. The van der Waals surface area contributed by atoms with Crippen LogP contribution < -0.4 is 5.32 Å². The SMILES string of the molecule is CSc1ccc([N+](=O)[O-])c(C(=O)NC2(CO)CCCC2)c1. The summed E-state index contributed by atoms with van der Waals surface area (Å²) in [6, 6.07) is 4.50. The molecule has 0 bridgehead atoms. The smallest absolute Gasteiger partial charge is 0.282 e. The van der Waals surface area contributed by atoms with Crippen LogP contribution in [0.15, 0.2) is 23.1 Å². The minimum Gasteiger partial charge on any atom is -0.394 e. The number of nitro groups is 1. The molecule has 0 aromatic heterocycles. The fourth-order valence-electron chi connectivity index (χ4n) is 2.67. The van der Waals surface area contributed by atoms with Crippen molar-refractivity contribution in [2.24, 2.45) is 0 Å².